The number of aromatic nitrogens is 2. The van der Waals surface area contributed by atoms with Crippen molar-refractivity contribution in [3.63, 3.8) is 0 Å². The lowest BCUT2D eigenvalue weighted by Crippen LogP contribution is -2.51. The predicted molar refractivity (Wildman–Crippen MR) is 107 cm³/mol. The number of piperidine rings is 1. The van der Waals surface area contributed by atoms with Gasteiger partial charge < -0.3 is 9.32 Å². The number of carbonyl (C=O) groups excluding carboxylic acids is 1. The number of aryl methyl sites for hydroxylation is 1. The summed E-state index contributed by atoms with van der Waals surface area (Å²) in [5.41, 5.74) is 1.03. The van der Waals surface area contributed by atoms with Gasteiger partial charge in [-0.15, -0.1) is 10.2 Å². The van der Waals surface area contributed by atoms with Gasteiger partial charge in [-0.25, -0.2) is 0 Å². The number of fused-ring (bicyclic) bond motifs is 1. The maximum absolute atomic E-state index is 12.9. The molecule has 1 aliphatic carbocycles. The van der Waals surface area contributed by atoms with E-state index in [9.17, 15) is 4.79 Å². The van der Waals surface area contributed by atoms with Crippen LogP contribution in [0.5, 0.6) is 0 Å². The number of thiophene rings is 1. The van der Waals surface area contributed by atoms with E-state index in [1.165, 1.54) is 25.7 Å². The second kappa shape index (κ2) is 7.26. The third-order valence-corrected chi connectivity index (χ3v) is 7.80. The minimum Gasteiger partial charge on any atom is -0.425 e. The van der Waals surface area contributed by atoms with Crippen LogP contribution in [0, 0.1) is 12.8 Å². The molecule has 2 aliphatic heterocycles. The van der Waals surface area contributed by atoms with Crippen LogP contribution in [-0.2, 0) is 16.6 Å². The second-order valence-corrected chi connectivity index (χ2v) is 9.53. The van der Waals surface area contributed by atoms with Crippen LogP contribution in [0.1, 0.15) is 49.4 Å². The van der Waals surface area contributed by atoms with E-state index in [-0.39, 0.29) is 11.3 Å². The molecule has 2 aromatic rings. The quantitative estimate of drug-likeness (QED) is 0.789. The van der Waals surface area contributed by atoms with Crippen molar-refractivity contribution in [3.05, 3.63) is 34.2 Å². The van der Waals surface area contributed by atoms with Crippen molar-refractivity contribution in [2.75, 3.05) is 26.2 Å². The van der Waals surface area contributed by atoms with Crippen molar-refractivity contribution in [1.82, 2.24) is 20.0 Å². The van der Waals surface area contributed by atoms with Crippen molar-refractivity contribution >= 4 is 17.2 Å². The van der Waals surface area contributed by atoms with Gasteiger partial charge in [-0.3, -0.25) is 9.69 Å². The summed E-state index contributed by atoms with van der Waals surface area (Å²) in [6.07, 6.45) is 6.69. The zero-order valence-corrected chi connectivity index (χ0v) is 17.3. The third-order valence-electron chi connectivity index (χ3n) is 7.07. The van der Waals surface area contributed by atoms with E-state index in [4.69, 9.17) is 4.42 Å². The molecule has 2 saturated heterocycles. The van der Waals surface area contributed by atoms with Gasteiger partial charge in [0.05, 0.1) is 11.8 Å². The number of hydrogen-bond acceptors (Lipinski definition) is 6. The van der Waals surface area contributed by atoms with Crippen LogP contribution in [0.15, 0.2) is 21.2 Å². The highest BCUT2D eigenvalue weighted by molar-refractivity contribution is 7.08. The molecule has 2 aromatic heterocycles. The van der Waals surface area contributed by atoms with Crippen molar-refractivity contribution in [2.45, 2.75) is 56.9 Å². The number of rotatable bonds is 4. The van der Waals surface area contributed by atoms with Crippen LogP contribution < -0.4 is 0 Å². The molecule has 3 aliphatic rings. The molecular formula is C21H28N4O2S. The molecule has 2 atom stereocenters. The standard InChI is InChI=1S/C21H28N4O2S/c1-15-22-23-20(27-15)21-7-8-24(19(26)10-16-6-9-28-13-16)11-17(21)12-25(14-21)18-4-2-3-5-18/h6,9,13,17-18H,2-5,7-8,10-12,14H2,1H3/t17-,21-/m0/s1. The Morgan fingerprint density at radius 2 is 2.18 bits per heavy atom. The Hall–Kier alpha value is -1.73. The average molecular weight is 401 g/mol. The van der Waals surface area contributed by atoms with Gasteiger partial charge in [-0.2, -0.15) is 11.3 Å². The molecule has 6 nitrogen and oxygen atoms in total. The lowest BCUT2D eigenvalue weighted by Gasteiger charge is -2.41. The highest BCUT2D eigenvalue weighted by Gasteiger charge is 2.55. The zero-order valence-electron chi connectivity index (χ0n) is 16.5. The van der Waals surface area contributed by atoms with Crippen molar-refractivity contribution in [3.8, 4) is 0 Å². The fourth-order valence-electron chi connectivity index (χ4n) is 5.52. The lowest BCUT2D eigenvalue weighted by atomic mass is 9.72. The van der Waals surface area contributed by atoms with Crippen LogP contribution in [0.4, 0.5) is 0 Å². The van der Waals surface area contributed by atoms with E-state index in [0.29, 0.717) is 24.3 Å². The van der Waals surface area contributed by atoms with Crippen molar-refractivity contribution < 1.29 is 9.21 Å². The van der Waals surface area contributed by atoms with Crippen LogP contribution >= 0.6 is 11.3 Å². The Morgan fingerprint density at radius 1 is 1.32 bits per heavy atom. The minimum absolute atomic E-state index is 0.0942. The Bertz CT molecular complexity index is 829. The number of amides is 1. The van der Waals surface area contributed by atoms with Gasteiger partial charge in [0, 0.05) is 45.1 Å². The van der Waals surface area contributed by atoms with E-state index in [2.05, 4.69) is 31.4 Å². The first-order valence-electron chi connectivity index (χ1n) is 10.5. The molecule has 28 heavy (non-hydrogen) atoms. The summed E-state index contributed by atoms with van der Waals surface area (Å²) in [6, 6.07) is 2.73. The smallest absolute Gasteiger partial charge is 0.227 e. The summed E-state index contributed by atoms with van der Waals surface area (Å²) >= 11 is 1.65. The van der Waals surface area contributed by atoms with E-state index in [1.807, 2.05) is 12.3 Å². The largest absolute Gasteiger partial charge is 0.425 e. The Morgan fingerprint density at radius 3 is 2.89 bits per heavy atom. The van der Waals surface area contributed by atoms with Crippen molar-refractivity contribution in [2.24, 2.45) is 5.92 Å². The molecule has 150 valence electrons. The molecule has 7 heteroatoms. The van der Waals surface area contributed by atoms with Gasteiger partial charge in [0.2, 0.25) is 17.7 Å². The van der Waals surface area contributed by atoms with E-state index < -0.39 is 0 Å². The molecule has 0 spiro atoms. The third kappa shape index (κ3) is 3.18. The van der Waals surface area contributed by atoms with Gasteiger partial charge in [-0.1, -0.05) is 12.8 Å². The topological polar surface area (TPSA) is 62.5 Å². The summed E-state index contributed by atoms with van der Waals surface area (Å²) in [6.45, 7) is 5.48. The first-order valence-corrected chi connectivity index (χ1v) is 11.4. The highest BCUT2D eigenvalue weighted by atomic mass is 32.1. The zero-order chi connectivity index (χ0) is 19.1. The van der Waals surface area contributed by atoms with Crippen LogP contribution in [0.3, 0.4) is 0 Å². The Kier molecular flexibility index (Phi) is 4.75. The second-order valence-electron chi connectivity index (χ2n) is 8.75. The Labute approximate surface area is 169 Å². The van der Waals surface area contributed by atoms with Crippen LogP contribution in [0.2, 0.25) is 0 Å². The van der Waals surface area contributed by atoms with Gasteiger partial charge >= 0.3 is 0 Å². The molecule has 4 heterocycles. The number of carbonyl (C=O) groups is 1. The van der Waals surface area contributed by atoms with Gasteiger partial charge in [0.1, 0.15) is 0 Å². The van der Waals surface area contributed by atoms with Gasteiger partial charge in [-0.05, 0) is 41.7 Å². The molecule has 0 aromatic carbocycles. The molecule has 0 N–H and O–H groups in total. The molecule has 0 radical (unpaired) electrons. The van der Waals surface area contributed by atoms with E-state index >= 15 is 0 Å². The molecule has 1 amide bonds. The molecule has 0 bridgehead atoms. The van der Waals surface area contributed by atoms with Crippen molar-refractivity contribution in [1.29, 1.82) is 0 Å². The Balaban J connectivity index is 1.37. The maximum Gasteiger partial charge on any atom is 0.227 e. The van der Waals surface area contributed by atoms with E-state index in [1.54, 1.807) is 11.3 Å². The highest BCUT2D eigenvalue weighted by Crippen LogP contribution is 2.46. The lowest BCUT2D eigenvalue weighted by molar-refractivity contribution is -0.133. The molecule has 1 saturated carbocycles. The van der Waals surface area contributed by atoms with Crippen LogP contribution in [-0.4, -0.2) is 58.1 Å². The van der Waals surface area contributed by atoms with Crippen LogP contribution in [0.25, 0.3) is 0 Å². The number of likely N-dealkylation sites (tertiary alicyclic amines) is 2. The fourth-order valence-corrected chi connectivity index (χ4v) is 6.19. The van der Waals surface area contributed by atoms with Gasteiger partial charge in [0.25, 0.3) is 0 Å². The summed E-state index contributed by atoms with van der Waals surface area (Å²) in [5, 5.41) is 12.7. The monoisotopic (exact) mass is 400 g/mol. The minimum atomic E-state index is -0.0942. The molecular weight excluding hydrogens is 372 g/mol. The number of hydrogen-bond donors (Lipinski definition) is 0. The van der Waals surface area contributed by atoms with E-state index in [0.717, 1.165) is 44.1 Å². The molecule has 0 unspecified atom stereocenters. The first-order chi connectivity index (χ1) is 13.6. The average Bonchev–Trinajstić information content (AvgIpc) is 3.46. The normalized spacial score (nSPS) is 28.8. The fraction of sp³-hybridized carbons (Fsp3) is 0.667. The SMILES string of the molecule is Cc1nnc([C@]23CCN(C(=O)Cc4ccsc4)C[C@H]2CN(C2CCCC2)C3)o1. The summed E-state index contributed by atoms with van der Waals surface area (Å²) in [7, 11) is 0. The summed E-state index contributed by atoms with van der Waals surface area (Å²) < 4.78 is 5.97. The molecule has 5 rings (SSSR count). The van der Waals surface area contributed by atoms with Gasteiger partial charge in [0.15, 0.2) is 0 Å². The molecule has 3 fully saturated rings. The summed E-state index contributed by atoms with van der Waals surface area (Å²) in [4.78, 5) is 17.6. The maximum atomic E-state index is 12.9. The predicted octanol–water partition coefficient (Wildman–Crippen LogP) is 3.03. The first kappa shape index (κ1) is 18.3. The summed E-state index contributed by atoms with van der Waals surface area (Å²) in [5.74, 6) is 2.04. The number of nitrogens with zero attached hydrogens (tertiary/aromatic N) is 4.